The molecule has 0 saturated heterocycles. The lowest BCUT2D eigenvalue weighted by Gasteiger charge is -2.05. The molecule has 0 fully saturated rings. The summed E-state index contributed by atoms with van der Waals surface area (Å²) < 4.78 is 1.40. The number of carbonyl (C=O) groups excluding carboxylic acids is 1. The van der Waals surface area contributed by atoms with Gasteiger partial charge in [0.05, 0.1) is 5.69 Å². The van der Waals surface area contributed by atoms with Crippen LogP contribution in [0.4, 0.5) is 0 Å². The molecular formula is C13H15N3O. The summed E-state index contributed by atoms with van der Waals surface area (Å²) in [7, 11) is 0. The summed E-state index contributed by atoms with van der Waals surface area (Å²) in [4.78, 5) is 16.1. The normalized spacial score (nSPS) is 12.4. The van der Waals surface area contributed by atoms with Gasteiger partial charge < -0.3 is 0 Å². The minimum absolute atomic E-state index is 0.00789. The minimum Gasteiger partial charge on any atom is -0.272 e. The number of hydrogen-bond donors (Lipinski definition) is 0. The van der Waals surface area contributed by atoms with Crippen LogP contribution in [-0.4, -0.2) is 20.7 Å². The van der Waals surface area contributed by atoms with Gasteiger partial charge in [-0.1, -0.05) is 19.9 Å². The molecule has 0 aliphatic heterocycles. The largest absolute Gasteiger partial charge is 0.272 e. The van der Waals surface area contributed by atoms with E-state index in [4.69, 9.17) is 0 Å². The van der Waals surface area contributed by atoms with Crippen molar-refractivity contribution >= 4 is 5.91 Å². The predicted molar refractivity (Wildman–Crippen MR) is 65.5 cm³/mol. The Labute approximate surface area is 100 Å². The smallest absolute Gasteiger partial charge is 0.249 e. The Morgan fingerprint density at radius 3 is 2.82 bits per heavy atom. The van der Waals surface area contributed by atoms with E-state index in [1.165, 1.54) is 4.68 Å². The molecule has 88 valence electrons. The van der Waals surface area contributed by atoms with Gasteiger partial charge in [-0.15, -0.1) is 0 Å². The summed E-state index contributed by atoms with van der Waals surface area (Å²) in [5.41, 5.74) is 1.51. The zero-order valence-corrected chi connectivity index (χ0v) is 10.00. The fraction of sp³-hybridized carbons (Fsp3) is 0.308. The van der Waals surface area contributed by atoms with Crippen LogP contribution in [0.3, 0.4) is 0 Å². The van der Waals surface area contributed by atoms with Crippen LogP contribution in [-0.2, 0) is 0 Å². The van der Waals surface area contributed by atoms with Crippen LogP contribution in [0.1, 0.15) is 25.1 Å². The van der Waals surface area contributed by atoms with Crippen LogP contribution in [0.5, 0.6) is 0 Å². The highest BCUT2D eigenvalue weighted by atomic mass is 16.2. The van der Waals surface area contributed by atoms with Gasteiger partial charge in [0.25, 0.3) is 0 Å². The summed E-state index contributed by atoms with van der Waals surface area (Å²) in [5.74, 6) is 0.0150. The van der Waals surface area contributed by atoms with Crippen molar-refractivity contribution in [2.45, 2.75) is 20.3 Å². The predicted octanol–water partition coefficient (Wildman–Crippen LogP) is 2.63. The molecule has 0 spiro atoms. The number of nitrogens with zero attached hydrogens (tertiary/aromatic N) is 3. The van der Waals surface area contributed by atoms with Crippen LogP contribution < -0.4 is 0 Å². The fourth-order valence-electron chi connectivity index (χ4n) is 1.50. The molecule has 0 aliphatic rings. The Bertz CT molecular complexity index is 504. The van der Waals surface area contributed by atoms with Crippen LogP contribution in [0.25, 0.3) is 11.4 Å². The first-order chi connectivity index (χ1) is 8.22. The van der Waals surface area contributed by atoms with E-state index in [0.717, 1.165) is 17.8 Å². The van der Waals surface area contributed by atoms with Crippen molar-refractivity contribution in [3.05, 3.63) is 36.7 Å². The monoisotopic (exact) mass is 229 g/mol. The molecule has 0 aliphatic carbocycles. The number of aromatic nitrogens is 3. The summed E-state index contributed by atoms with van der Waals surface area (Å²) >= 11 is 0. The Kier molecular flexibility index (Phi) is 3.32. The van der Waals surface area contributed by atoms with Gasteiger partial charge in [0.2, 0.25) is 5.91 Å². The van der Waals surface area contributed by atoms with E-state index < -0.39 is 0 Å². The number of pyridine rings is 1. The van der Waals surface area contributed by atoms with Gasteiger partial charge in [0.15, 0.2) is 0 Å². The molecule has 2 heterocycles. The highest BCUT2D eigenvalue weighted by molar-refractivity contribution is 5.80. The summed E-state index contributed by atoms with van der Waals surface area (Å²) in [6.45, 7) is 3.90. The van der Waals surface area contributed by atoms with Crippen LogP contribution in [0.2, 0.25) is 0 Å². The highest BCUT2D eigenvalue weighted by Crippen LogP contribution is 2.14. The summed E-state index contributed by atoms with van der Waals surface area (Å²) in [6.07, 6.45) is 4.22. The molecule has 17 heavy (non-hydrogen) atoms. The molecule has 1 atom stereocenters. The van der Waals surface area contributed by atoms with E-state index >= 15 is 0 Å². The fourth-order valence-corrected chi connectivity index (χ4v) is 1.50. The van der Waals surface area contributed by atoms with Gasteiger partial charge in [-0.3, -0.25) is 9.78 Å². The van der Waals surface area contributed by atoms with Crippen molar-refractivity contribution < 1.29 is 4.79 Å². The average molecular weight is 229 g/mol. The standard InChI is InChI=1S/C13H15N3O/c1-3-10(2)13(17)16-9-7-12(15-16)11-6-4-5-8-14-11/h4-10H,3H2,1-2H3/t10-/m1/s1. The van der Waals surface area contributed by atoms with Crippen molar-refractivity contribution in [3.63, 3.8) is 0 Å². The molecule has 2 aromatic rings. The zero-order valence-electron chi connectivity index (χ0n) is 10.00. The quantitative estimate of drug-likeness (QED) is 0.812. The van der Waals surface area contributed by atoms with Gasteiger partial charge >= 0.3 is 0 Å². The molecule has 2 aromatic heterocycles. The number of hydrogen-bond acceptors (Lipinski definition) is 3. The molecule has 0 aromatic carbocycles. The van der Waals surface area contributed by atoms with Crippen molar-refractivity contribution in [2.75, 3.05) is 0 Å². The third-order valence-electron chi connectivity index (χ3n) is 2.78. The molecule has 2 rings (SSSR count). The average Bonchev–Trinajstić information content (AvgIpc) is 2.87. The maximum atomic E-state index is 11.9. The van der Waals surface area contributed by atoms with Gasteiger partial charge in [-0.2, -0.15) is 5.10 Å². The van der Waals surface area contributed by atoms with E-state index in [9.17, 15) is 4.79 Å². The first-order valence-corrected chi connectivity index (χ1v) is 5.73. The van der Waals surface area contributed by atoms with E-state index in [1.807, 2.05) is 38.1 Å². The lowest BCUT2D eigenvalue weighted by Crippen LogP contribution is -2.19. The molecular weight excluding hydrogens is 214 g/mol. The first kappa shape index (κ1) is 11.5. The third-order valence-corrected chi connectivity index (χ3v) is 2.78. The Morgan fingerprint density at radius 1 is 1.35 bits per heavy atom. The van der Waals surface area contributed by atoms with Crippen LogP contribution >= 0.6 is 0 Å². The lowest BCUT2D eigenvalue weighted by molar-refractivity contribution is 0.0825. The lowest BCUT2D eigenvalue weighted by atomic mass is 10.1. The summed E-state index contributed by atoms with van der Waals surface area (Å²) in [6, 6.07) is 7.44. The van der Waals surface area contributed by atoms with E-state index in [2.05, 4.69) is 10.1 Å². The second-order valence-electron chi connectivity index (χ2n) is 4.01. The number of rotatable bonds is 3. The third kappa shape index (κ3) is 2.41. The second-order valence-corrected chi connectivity index (χ2v) is 4.01. The Morgan fingerprint density at radius 2 is 2.18 bits per heavy atom. The molecule has 0 amide bonds. The van der Waals surface area contributed by atoms with Crippen molar-refractivity contribution in [3.8, 4) is 11.4 Å². The Hall–Kier alpha value is -1.97. The van der Waals surface area contributed by atoms with Crippen molar-refractivity contribution in [1.82, 2.24) is 14.8 Å². The van der Waals surface area contributed by atoms with Crippen molar-refractivity contribution in [2.24, 2.45) is 5.92 Å². The Balaban J connectivity index is 2.25. The molecule has 4 heteroatoms. The van der Waals surface area contributed by atoms with Crippen molar-refractivity contribution in [1.29, 1.82) is 0 Å². The molecule has 0 N–H and O–H groups in total. The molecule has 0 saturated carbocycles. The van der Waals surface area contributed by atoms with Crippen LogP contribution in [0, 0.1) is 5.92 Å². The second kappa shape index (κ2) is 4.91. The van der Waals surface area contributed by atoms with Gasteiger partial charge in [-0.05, 0) is 24.6 Å². The molecule has 0 bridgehead atoms. The van der Waals surface area contributed by atoms with Gasteiger partial charge in [0.1, 0.15) is 5.69 Å². The molecule has 0 unspecified atom stereocenters. The minimum atomic E-state index is -0.00789. The van der Waals surface area contributed by atoms with E-state index in [-0.39, 0.29) is 11.8 Å². The SMILES string of the molecule is CC[C@@H](C)C(=O)n1ccc(-c2ccccn2)n1. The zero-order chi connectivity index (χ0) is 12.3. The first-order valence-electron chi connectivity index (χ1n) is 5.73. The molecule has 0 radical (unpaired) electrons. The maximum Gasteiger partial charge on any atom is 0.249 e. The topological polar surface area (TPSA) is 47.8 Å². The number of carbonyl (C=O) groups is 1. The van der Waals surface area contributed by atoms with Gasteiger partial charge in [0, 0.05) is 18.3 Å². The maximum absolute atomic E-state index is 11.9. The van der Waals surface area contributed by atoms with E-state index in [0.29, 0.717) is 0 Å². The van der Waals surface area contributed by atoms with E-state index in [1.54, 1.807) is 12.4 Å². The van der Waals surface area contributed by atoms with Gasteiger partial charge in [-0.25, -0.2) is 4.68 Å². The molecule has 4 nitrogen and oxygen atoms in total. The summed E-state index contributed by atoms with van der Waals surface area (Å²) in [5, 5.41) is 4.25. The van der Waals surface area contributed by atoms with Crippen LogP contribution in [0.15, 0.2) is 36.7 Å². The highest BCUT2D eigenvalue weighted by Gasteiger charge is 2.14.